The quantitative estimate of drug-likeness (QED) is 0.668. The summed E-state index contributed by atoms with van der Waals surface area (Å²) in [5.41, 5.74) is -0.403. The van der Waals surface area contributed by atoms with E-state index in [1.54, 1.807) is 0 Å². The van der Waals surface area contributed by atoms with E-state index in [0.29, 0.717) is 25.7 Å². The Hall–Kier alpha value is -1.06. The van der Waals surface area contributed by atoms with Crippen LogP contribution in [0.15, 0.2) is 0 Å². The lowest BCUT2D eigenvalue weighted by Gasteiger charge is -2.69. The fraction of sp³-hybridized carbons (Fsp3) is 0.800. The number of aliphatic carboxylic acids is 1. The first kappa shape index (κ1) is 8.26. The molecule has 1 heterocycles. The van der Waals surface area contributed by atoms with Crippen LogP contribution in [0.5, 0.6) is 0 Å². The minimum atomic E-state index is -0.677. The minimum absolute atomic E-state index is 0.0104. The molecule has 0 radical (unpaired) electrons. The third-order valence-electron chi connectivity index (χ3n) is 4.09. The van der Waals surface area contributed by atoms with Gasteiger partial charge in [0.05, 0.1) is 5.41 Å². The minimum Gasteiger partial charge on any atom is -0.481 e. The first-order valence-electron chi connectivity index (χ1n) is 4.99. The van der Waals surface area contributed by atoms with Crippen molar-refractivity contribution in [3.8, 4) is 0 Å². The number of carbonyl (C=O) groups excluding carboxylic acids is 1. The van der Waals surface area contributed by atoms with Crippen molar-refractivity contribution >= 4 is 11.9 Å². The fourth-order valence-corrected chi connectivity index (χ4v) is 3.39. The van der Waals surface area contributed by atoms with Crippen LogP contribution in [0.1, 0.15) is 32.1 Å². The highest BCUT2D eigenvalue weighted by Crippen LogP contribution is 2.75. The summed E-state index contributed by atoms with van der Waals surface area (Å²) in [5.74, 6) is -0.798. The van der Waals surface area contributed by atoms with E-state index in [-0.39, 0.29) is 17.5 Å². The van der Waals surface area contributed by atoms with E-state index >= 15 is 0 Å². The normalized spacial score (nSPS) is 49.1. The molecule has 1 N–H and O–H groups in total. The Kier molecular flexibility index (Phi) is 1.25. The van der Waals surface area contributed by atoms with Crippen LogP contribution in [-0.4, -0.2) is 23.1 Å². The van der Waals surface area contributed by atoms with Gasteiger partial charge in [0.25, 0.3) is 0 Å². The molecule has 4 rings (SSSR count). The van der Waals surface area contributed by atoms with Crippen molar-refractivity contribution in [2.24, 2.45) is 10.8 Å². The molecule has 3 aliphatic carbocycles. The van der Waals surface area contributed by atoms with Crippen LogP contribution in [-0.2, 0) is 14.3 Å². The number of hydrogen-bond acceptors (Lipinski definition) is 3. The van der Waals surface area contributed by atoms with Gasteiger partial charge >= 0.3 is 11.9 Å². The van der Waals surface area contributed by atoms with Gasteiger partial charge in [0, 0.05) is 11.8 Å². The van der Waals surface area contributed by atoms with Crippen molar-refractivity contribution in [3.05, 3.63) is 0 Å². The number of ether oxygens (including phenoxy) is 1. The second-order valence-electron chi connectivity index (χ2n) is 5.00. The van der Waals surface area contributed by atoms with Gasteiger partial charge < -0.3 is 9.84 Å². The number of hydrogen-bond donors (Lipinski definition) is 1. The molecule has 4 aliphatic rings. The maximum absolute atomic E-state index is 10.9. The SMILES string of the molecule is O=C1CCC(C23CC(C(=O)O)(C2)C3)O1. The first-order chi connectivity index (χ1) is 6.56. The predicted octanol–water partition coefficient (Wildman–Crippen LogP) is 0.947. The van der Waals surface area contributed by atoms with Gasteiger partial charge in [-0.25, -0.2) is 0 Å². The Labute approximate surface area is 81.2 Å². The Morgan fingerprint density at radius 1 is 1.43 bits per heavy atom. The van der Waals surface area contributed by atoms with Crippen LogP contribution in [0.2, 0.25) is 0 Å². The molecule has 4 fully saturated rings. The highest BCUT2D eigenvalue weighted by molar-refractivity contribution is 5.80. The molecule has 1 atom stereocenters. The Balaban J connectivity index is 1.69. The monoisotopic (exact) mass is 196 g/mol. The zero-order valence-electron chi connectivity index (χ0n) is 7.78. The molecule has 1 unspecified atom stereocenters. The van der Waals surface area contributed by atoms with E-state index in [0.717, 1.165) is 6.42 Å². The topological polar surface area (TPSA) is 63.6 Å². The lowest BCUT2D eigenvalue weighted by Crippen LogP contribution is -2.69. The number of carboxylic acid groups (broad SMARTS) is 1. The summed E-state index contributed by atoms with van der Waals surface area (Å²) in [7, 11) is 0. The summed E-state index contributed by atoms with van der Waals surface area (Å²) in [4.78, 5) is 21.8. The van der Waals surface area contributed by atoms with Crippen LogP contribution in [0.3, 0.4) is 0 Å². The molecule has 0 amide bonds. The van der Waals surface area contributed by atoms with E-state index in [9.17, 15) is 9.59 Å². The van der Waals surface area contributed by atoms with Crippen molar-refractivity contribution in [3.63, 3.8) is 0 Å². The maximum atomic E-state index is 10.9. The summed E-state index contributed by atoms with van der Waals surface area (Å²) in [6.07, 6.45) is 3.45. The van der Waals surface area contributed by atoms with Crippen LogP contribution >= 0.6 is 0 Å². The van der Waals surface area contributed by atoms with E-state index in [1.807, 2.05) is 0 Å². The molecule has 4 nitrogen and oxygen atoms in total. The lowest BCUT2D eigenvalue weighted by molar-refractivity contribution is -0.255. The van der Waals surface area contributed by atoms with Gasteiger partial charge in [-0.1, -0.05) is 0 Å². The van der Waals surface area contributed by atoms with Gasteiger partial charge in [-0.15, -0.1) is 0 Å². The number of cyclic esters (lactones) is 1. The molecular weight excluding hydrogens is 184 g/mol. The molecule has 76 valence electrons. The van der Waals surface area contributed by atoms with Gasteiger partial charge in [-0.05, 0) is 25.7 Å². The summed E-state index contributed by atoms with van der Waals surface area (Å²) >= 11 is 0. The van der Waals surface area contributed by atoms with Gasteiger partial charge in [0.15, 0.2) is 0 Å². The third-order valence-corrected chi connectivity index (χ3v) is 4.09. The molecule has 0 spiro atoms. The van der Waals surface area contributed by atoms with Crippen molar-refractivity contribution in [2.45, 2.75) is 38.2 Å². The summed E-state index contributed by atoms with van der Waals surface area (Å²) < 4.78 is 5.20. The second-order valence-corrected chi connectivity index (χ2v) is 5.00. The van der Waals surface area contributed by atoms with Gasteiger partial charge in [-0.3, -0.25) is 9.59 Å². The molecule has 2 bridgehead atoms. The fourth-order valence-electron chi connectivity index (χ4n) is 3.39. The van der Waals surface area contributed by atoms with Crippen LogP contribution in [0.4, 0.5) is 0 Å². The number of esters is 1. The second kappa shape index (κ2) is 2.12. The molecule has 0 aromatic rings. The van der Waals surface area contributed by atoms with Crippen LogP contribution in [0.25, 0.3) is 0 Å². The predicted molar refractivity (Wildman–Crippen MR) is 45.5 cm³/mol. The number of carboxylic acids is 1. The molecule has 1 aliphatic heterocycles. The molecular formula is C10H12O4. The Morgan fingerprint density at radius 3 is 2.50 bits per heavy atom. The lowest BCUT2D eigenvalue weighted by atomic mass is 9.33. The van der Waals surface area contributed by atoms with Gasteiger partial charge in [-0.2, -0.15) is 0 Å². The molecule has 1 saturated heterocycles. The average Bonchev–Trinajstić information content (AvgIpc) is 2.28. The Bertz CT molecular complexity index is 313. The van der Waals surface area contributed by atoms with E-state index in [1.165, 1.54) is 0 Å². The third kappa shape index (κ3) is 0.751. The summed E-state index contributed by atoms with van der Waals surface area (Å²) in [6, 6.07) is 0. The molecule has 14 heavy (non-hydrogen) atoms. The zero-order valence-corrected chi connectivity index (χ0v) is 7.78. The molecule has 4 heteroatoms. The molecule has 0 aromatic heterocycles. The van der Waals surface area contributed by atoms with Crippen molar-refractivity contribution in [1.82, 2.24) is 0 Å². The highest BCUT2D eigenvalue weighted by Gasteiger charge is 2.75. The number of carbonyl (C=O) groups is 2. The van der Waals surface area contributed by atoms with Crippen molar-refractivity contribution in [1.29, 1.82) is 0 Å². The smallest absolute Gasteiger partial charge is 0.309 e. The van der Waals surface area contributed by atoms with E-state index in [4.69, 9.17) is 9.84 Å². The maximum Gasteiger partial charge on any atom is 0.309 e. The van der Waals surface area contributed by atoms with Gasteiger partial charge in [0.1, 0.15) is 6.10 Å². The molecule has 0 aromatic carbocycles. The Morgan fingerprint density at radius 2 is 2.07 bits per heavy atom. The van der Waals surface area contributed by atoms with Crippen molar-refractivity contribution in [2.75, 3.05) is 0 Å². The van der Waals surface area contributed by atoms with Crippen LogP contribution in [0, 0.1) is 10.8 Å². The average molecular weight is 196 g/mol. The summed E-state index contributed by atoms with van der Waals surface area (Å²) in [6.45, 7) is 0. The molecule has 3 saturated carbocycles. The van der Waals surface area contributed by atoms with E-state index < -0.39 is 11.4 Å². The standard InChI is InChI=1S/C10H12O4/c11-7-2-1-6(14-7)9-3-10(4-9,5-9)8(12)13/h6H,1-5H2,(H,12,13). The highest BCUT2D eigenvalue weighted by atomic mass is 16.6. The zero-order chi connectivity index (χ0) is 9.97. The number of rotatable bonds is 2. The van der Waals surface area contributed by atoms with E-state index in [2.05, 4.69) is 0 Å². The first-order valence-corrected chi connectivity index (χ1v) is 4.99. The van der Waals surface area contributed by atoms with Crippen LogP contribution < -0.4 is 0 Å². The van der Waals surface area contributed by atoms with Crippen molar-refractivity contribution < 1.29 is 19.4 Å². The summed E-state index contributed by atoms with van der Waals surface area (Å²) in [5, 5.41) is 8.93. The van der Waals surface area contributed by atoms with Gasteiger partial charge in [0.2, 0.25) is 0 Å². The largest absolute Gasteiger partial charge is 0.481 e.